The van der Waals surface area contributed by atoms with E-state index in [1.54, 1.807) is 0 Å². The number of hydrogen-bond acceptors (Lipinski definition) is 5. The molecule has 0 fully saturated rings. The fourth-order valence-electron chi connectivity index (χ4n) is 1.38. The van der Waals surface area contributed by atoms with Crippen molar-refractivity contribution in [1.29, 1.82) is 0 Å². The van der Waals surface area contributed by atoms with Crippen molar-refractivity contribution >= 4 is 17.5 Å². The van der Waals surface area contributed by atoms with Crippen LogP contribution in [0, 0.1) is 0 Å². The zero-order valence-electron chi connectivity index (χ0n) is 9.72. The zero-order chi connectivity index (χ0) is 14.8. The quantitative estimate of drug-likeness (QED) is 0.940. The van der Waals surface area contributed by atoms with Crippen molar-refractivity contribution in [3.8, 4) is 5.75 Å². The van der Waals surface area contributed by atoms with Gasteiger partial charge >= 0.3 is 12.1 Å². The van der Waals surface area contributed by atoms with Crippen LogP contribution in [-0.4, -0.2) is 20.7 Å². The molecule has 0 bridgehead atoms. The van der Waals surface area contributed by atoms with Gasteiger partial charge in [0.2, 0.25) is 0 Å². The molecular weight excluding hydrogens is 297 g/mol. The third-order valence-electron chi connectivity index (χ3n) is 2.29. The number of benzene rings is 1. The topological polar surface area (TPSA) is 72.3 Å². The Balaban J connectivity index is 2.11. The van der Waals surface area contributed by atoms with Gasteiger partial charge in [-0.05, 0) is 29.7 Å². The maximum Gasteiger partial charge on any atom is 0.416 e. The molecule has 9 heteroatoms. The lowest BCUT2D eigenvalue weighted by Crippen LogP contribution is -2.06. The first-order valence-electron chi connectivity index (χ1n) is 5.22. The van der Waals surface area contributed by atoms with Gasteiger partial charge in [-0.3, -0.25) is 0 Å². The second-order valence-electron chi connectivity index (χ2n) is 3.66. The summed E-state index contributed by atoms with van der Waals surface area (Å²) in [5.41, 5.74) is -1.10. The molecule has 5 nitrogen and oxygen atoms in total. The van der Waals surface area contributed by atoms with Crippen molar-refractivity contribution in [3.63, 3.8) is 0 Å². The van der Waals surface area contributed by atoms with Crippen molar-refractivity contribution < 1.29 is 27.8 Å². The van der Waals surface area contributed by atoms with E-state index < -0.39 is 17.7 Å². The Labute approximate surface area is 114 Å². The molecule has 0 saturated carbocycles. The van der Waals surface area contributed by atoms with Crippen LogP contribution in [0.2, 0.25) is 0 Å². The summed E-state index contributed by atoms with van der Waals surface area (Å²) in [6.45, 7) is -0.208. The number of nitrogens with zero attached hydrogens (tertiary/aromatic N) is 2. The van der Waals surface area contributed by atoms with Gasteiger partial charge in [0, 0.05) is 0 Å². The first kappa shape index (κ1) is 14.3. The van der Waals surface area contributed by atoms with Gasteiger partial charge in [0.15, 0.2) is 5.69 Å². The fraction of sp³-hybridized carbons (Fsp3) is 0.182. The van der Waals surface area contributed by atoms with E-state index in [1.807, 2.05) is 0 Å². The summed E-state index contributed by atoms with van der Waals surface area (Å²) in [5, 5.41) is 12.2. The number of hydrogen-bond donors (Lipinski definition) is 1. The number of aromatic nitrogens is 2. The van der Waals surface area contributed by atoms with Crippen LogP contribution in [0.3, 0.4) is 0 Å². The van der Waals surface area contributed by atoms with Gasteiger partial charge in [0.25, 0.3) is 0 Å². The normalized spacial score (nSPS) is 11.3. The lowest BCUT2D eigenvalue weighted by molar-refractivity contribution is -0.137. The highest BCUT2D eigenvalue weighted by Crippen LogP contribution is 2.31. The molecule has 0 atom stereocenters. The minimum absolute atomic E-state index is 0.00966. The molecule has 0 spiro atoms. The molecule has 0 radical (unpaired) electrons. The smallest absolute Gasteiger partial charge is 0.416 e. The number of carbonyl (C=O) groups is 1. The third-order valence-corrected chi connectivity index (χ3v) is 2.98. The Morgan fingerprint density at radius 2 is 2.15 bits per heavy atom. The molecule has 0 aliphatic rings. The first-order chi connectivity index (χ1) is 9.38. The van der Waals surface area contributed by atoms with E-state index in [-0.39, 0.29) is 22.9 Å². The second-order valence-corrected chi connectivity index (χ2v) is 4.50. The van der Waals surface area contributed by atoms with Gasteiger partial charge in [0.1, 0.15) is 12.4 Å². The van der Waals surface area contributed by atoms with E-state index in [0.29, 0.717) is 0 Å². The Morgan fingerprint density at radius 3 is 2.80 bits per heavy atom. The molecule has 2 rings (SSSR count). The van der Waals surface area contributed by atoms with Crippen molar-refractivity contribution in [2.45, 2.75) is 12.8 Å². The highest BCUT2D eigenvalue weighted by molar-refractivity contribution is 7.05. The summed E-state index contributed by atoms with van der Waals surface area (Å²) in [6, 6.07) is 4.32. The standard InChI is InChI=1S/C11H7F3N2O3S/c12-11(13,14)6-2-1-3-7(4-6)19-5-8-9(10(17)18)15-16-20-8/h1-4H,5H2,(H,17,18). The van der Waals surface area contributed by atoms with Gasteiger partial charge < -0.3 is 9.84 Å². The van der Waals surface area contributed by atoms with Crippen molar-refractivity contribution in [1.82, 2.24) is 9.59 Å². The van der Waals surface area contributed by atoms with Crippen LogP contribution >= 0.6 is 11.5 Å². The maximum atomic E-state index is 12.5. The van der Waals surface area contributed by atoms with E-state index in [4.69, 9.17) is 9.84 Å². The number of rotatable bonds is 4. The zero-order valence-corrected chi connectivity index (χ0v) is 10.5. The average molecular weight is 304 g/mol. The molecule has 1 aromatic carbocycles. The summed E-state index contributed by atoms with van der Waals surface area (Å²) >= 11 is 0.818. The SMILES string of the molecule is O=C(O)c1nnsc1COc1cccc(C(F)(F)F)c1. The number of ether oxygens (including phenoxy) is 1. The molecule has 20 heavy (non-hydrogen) atoms. The molecular formula is C11H7F3N2O3S. The Kier molecular flexibility index (Phi) is 3.89. The molecule has 1 aromatic heterocycles. The summed E-state index contributed by atoms with van der Waals surface area (Å²) in [5.74, 6) is -1.27. The summed E-state index contributed by atoms with van der Waals surface area (Å²) in [7, 11) is 0. The largest absolute Gasteiger partial charge is 0.488 e. The van der Waals surface area contributed by atoms with E-state index in [0.717, 1.165) is 23.7 Å². The van der Waals surface area contributed by atoms with E-state index >= 15 is 0 Å². The van der Waals surface area contributed by atoms with E-state index in [2.05, 4.69) is 9.59 Å². The van der Waals surface area contributed by atoms with E-state index in [1.165, 1.54) is 12.1 Å². The maximum absolute atomic E-state index is 12.5. The van der Waals surface area contributed by atoms with Crippen LogP contribution in [0.15, 0.2) is 24.3 Å². The predicted octanol–water partition coefficient (Wildman–Crippen LogP) is 2.83. The molecule has 1 N–H and O–H groups in total. The number of halogens is 3. The Morgan fingerprint density at radius 1 is 1.40 bits per heavy atom. The highest BCUT2D eigenvalue weighted by Gasteiger charge is 2.30. The van der Waals surface area contributed by atoms with Crippen LogP contribution in [0.4, 0.5) is 13.2 Å². The second kappa shape index (κ2) is 5.45. The number of alkyl halides is 3. The Bertz CT molecular complexity index is 627. The van der Waals surface area contributed by atoms with Gasteiger partial charge in [0.05, 0.1) is 10.4 Å². The minimum atomic E-state index is -4.46. The van der Waals surface area contributed by atoms with Crippen LogP contribution in [0.25, 0.3) is 0 Å². The number of carboxylic acid groups (broad SMARTS) is 1. The van der Waals surface area contributed by atoms with Gasteiger partial charge in [-0.25, -0.2) is 4.79 Å². The molecule has 0 aliphatic heterocycles. The molecule has 0 saturated heterocycles. The average Bonchev–Trinajstić information content (AvgIpc) is 2.84. The summed E-state index contributed by atoms with van der Waals surface area (Å²) < 4.78 is 46.1. The van der Waals surface area contributed by atoms with Crippen molar-refractivity contribution in [3.05, 3.63) is 40.4 Å². The van der Waals surface area contributed by atoms with Gasteiger partial charge in [-0.1, -0.05) is 10.6 Å². The Hall–Kier alpha value is -2.16. The van der Waals surface area contributed by atoms with Crippen molar-refractivity contribution in [2.75, 3.05) is 0 Å². The predicted molar refractivity (Wildman–Crippen MR) is 62.6 cm³/mol. The van der Waals surface area contributed by atoms with Gasteiger partial charge in [-0.2, -0.15) is 13.2 Å². The lowest BCUT2D eigenvalue weighted by atomic mass is 10.2. The van der Waals surface area contributed by atoms with Crippen LogP contribution < -0.4 is 4.74 Å². The summed E-state index contributed by atoms with van der Waals surface area (Å²) in [6.07, 6.45) is -4.46. The molecule has 0 unspecified atom stereocenters. The monoisotopic (exact) mass is 304 g/mol. The molecule has 0 amide bonds. The van der Waals surface area contributed by atoms with Crippen LogP contribution in [-0.2, 0) is 12.8 Å². The minimum Gasteiger partial charge on any atom is -0.488 e. The van der Waals surface area contributed by atoms with Crippen LogP contribution in [0.1, 0.15) is 20.9 Å². The lowest BCUT2D eigenvalue weighted by Gasteiger charge is -2.09. The molecule has 0 aliphatic carbocycles. The van der Waals surface area contributed by atoms with E-state index in [9.17, 15) is 18.0 Å². The molecule has 2 aromatic rings. The highest BCUT2D eigenvalue weighted by atomic mass is 32.1. The first-order valence-corrected chi connectivity index (χ1v) is 6.00. The van der Waals surface area contributed by atoms with Crippen LogP contribution in [0.5, 0.6) is 5.75 Å². The fourth-order valence-corrected chi connectivity index (χ4v) is 1.92. The summed E-state index contributed by atoms with van der Waals surface area (Å²) in [4.78, 5) is 11.0. The third kappa shape index (κ3) is 3.23. The molecule has 1 heterocycles. The van der Waals surface area contributed by atoms with Gasteiger partial charge in [-0.15, -0.1) is 5.10 Å². The van der Waals surface area contributed by atoms with Crippen molar-refractivity contribution in [2.24, 2.45) is 0 Å². The molecule has 106 valence electrons. The number of carboxylic acids is 1. The number of aromatic carboxylic acids is 1.